The van der Waals surface area contributed by atoms with Crippen LogP contribution in [0.4, 0.5) is 29.1 Å². The summed E-state index contributed by atoms with van der Waals surface area (Å²) in [6.45, 7) is 11.4. The van der Waals surface area contributed by atoms with Crippen molar-refractivity contribution in [3.05, 3.63) is 111 Å². The number of benzene rings is 2. The third-order valence-corrected chi connectivity index (χ3v) is 7.37. The van der Waals surface area contributed by atoms with Gasteiger partial charge in [0, 0.05) is 37.8 Å². The molecule has 2 aromatic heterocycles. The van der Waals surface area contributed by atoms with Crippen molar-refractivity contribution in [2.45, 2.75) is 32.0 Å². The molecule has 0 aliphatic carbocycles. The van der Waals surface area contributed by atoms with E-state index in [-0.39, 0.29) is 35.7 Å². The molecule has 1 aliphatic heterocycles. The lowest BCUT2D eigenvalue weighted by molar-refractivity contribution is 0.125. The first-order valence-electron chi connectivity index (χ1n) is 12.4. The first-order valence-corrected chi connectivity index (χ1v) is 12.4. The number of rotatable bonds is 4. The summed E-state index contributed by atoms with van der Waals surface area (Å²) in [6, 6.07) is 10.5. The minimum Gasteiger partial charge on any atom is -0.361 e. The van der Waals surface area contributed by atoms with Crippen molar-refractivity contribution in [3.63, 3.8) is 0 Å². The van der Waals surface area contributed by atoms with Gasteiger partial charge in [-0.15, -0.1) is 4.98 Å². The first-order chi connectivity index (χ1) is 18.6. The molecule has 0 bridgehead atoms. The molecule has 4 aromatic rings. The van der Waals surface area contributed by atoms with Crippen molar-refractivity contribution in [1.29, 1.82) is 0 Å². The molecule has 3 heterocycles. The maximum Gasteiger partial charge on any atom is 0.289 e. The summed E-state index contributed by atoms with van der Waals surface area (Å²) in [5.74, 6) is -2.86. The van der Waals surface area contributed by atoms with Gasteiger partial charge in [0.2, 0.25) is 11.3 Å². The summed E-state index contributed by atoms with van der Waals surface area (Å²) in [4.78, 5) is 24.1. The molecule has 0 spiro atoms. The Bertz CT molecular complexity index is 1640. The van der Waals surface area contributed by atoms with Gasteiger partial charge < -0.3 is 14.3 Å². The van der Waals surface area contributed by atoms with Crippen molar-refractivity contribution in [2.24, 2.45) is 7.05 Å². The molecule has 6 nitrogen and oxygen atoms in total. The van der Waals surface area contributed by atoms with Crippen LogP contribution in [0.2, 0.25) is 0 Å². The van der Waals surface area contributed by atoms with E-state index in [0.717, 1.165) is 4.57 Å². The molecule has 1 aliphatic rings. The average Bonchev–Trinajstić information content (AvgIpc) is 2.92. The van der Waals surface area contributed by atoms with Crippen molar-refractivity contribution in [1.82, 2.24) is 14.5 Å². The fourth-order valence-corrected chi connectivity index (χ4v) is 5.44. The van der Waals surface area contributed by atoms with Crippen LogP contribution in [0, 0.1) is 29.8 Å². The van der Waals surface area contributed by atoms with Gasteiger partial charge in [-0.05, 0) is 55.8 Å². The Morgan fingerprint density at radius 2 is 1.62 bits per heavy atom. The van der Waals surface area contributed by atoms with E-state index in [1.54, 1.807) is 11.0 Å². The van der Waals surface area contributed by atoms with Crippen LogP contribution < -0.4 is 10.5 Å². The summed E-state index contributed by atoms with van der Waals surface area (Å²) in [6.07, 6.45) is 0. The molecule has 0 saturated carbocycles. The molecule has 10 heteroatoms. The number of hydrogen-bond donors (Lipinski definition) is 0. The van der Waals surface area contributed by atoms with Crippen molar-refractivity contribution in [2.75, 3.05) is 18.0 Å². The number of nitrogens with zero attached hydrogens (tertiary/aromatic N) is 5. The summed E-state index contributed by atoms with van der Waals surface area (Å²) in [7, 11) is 1.44. The molecule has 1 fully saturated rings. The number of piperazine rings is 1. The minimum absolute atomic E-state index is 0.00648. The van der Waals surface area contributed by atoms with E-state index in [1.807, 2.05) is 18.7 Å². The first kappa shape index (κ1) is 26.4. The fraction of sp³-hybridized carbons (Fsp3) is 0.276. The lowest BCUT2D eigenvalue weighted by Crippen LogP contribution is -2.58. The number of aromatic nitrogens is 2. The minimum atomic E-state index is -0.984. The molecule has 0 N–H and O–H groups in total. The van der Waals surface area contributed by atoms with E-state index in [9.17, 15) is 9.18 Å². The standard InChI is InChI=1S/C29H25F4N5O/c1-16-15-38(28-25(33)29(39)36(4)22-12-13-23(34-3)35-26(22)28)17(2)14-37(16)27(18-8-10-19(30)11-9-18)24-20(31)6-5-7-21(24)32/h5-13,16-17,27H,14-15H2,1-2,4H3/t16-,17+,27?/m1/s1. The lowest BCUT2D eigenvalue weighted by atomic mass is 9.92. The van der Waals surface area contributed by atoms with Crippen molar-refractivity contribution >= 4 is 22.5 Å². The van der Waals surface area contributed by atoms with Crippen LogP contribution in [0.5, 0.6) is 0 Å². The predicted molar refractivity (Wildman–Crippen MR) is 141 cm³/mol. The summed E-state index contributed by atoms with van der Waals surface area (Å²) < 4.78 is 60.7. The fourth-order valence-electron chi connectivity index (χ4n) is 5.44. The Morgan fingerprint density at radius 3 is 2.26 bits per heavy atom. The maximum atomic E-state index is 15.6. The number of hydrogen-bond acceptors (Lipinski definition) is 4. The van der Waals surface area contributed by atoms with Crippen molar-refractivity contribution < 1.29 is 17.6 Å². The van der Waals surface area contributed by atoms with Crippen LogP contribution in [0.1, 0.15) is 31.0 Å². The quantitative estimate of drug-likeness (QED) is 0.247. The molecule has 1 unspecified atom stereocenters. The van der Waals surface area contributed by atoms with E-state index < -0.39 is 47.0 Å². The highest BCUT2D eigenvalue weighted by Crippen LogP contribution is 2.38. The summed E-state index contributed by atoms with van der Waals surface area (Å²) in [5, 5.41) is 0. The van der Waals surface area contributed by atoms with E-state index in [1.165, 1.54) is 55.6 Å². The van der Waals surface area contributed by atoms with Gasteiger partial charge in [-0.3, -0.25) is 9.69 Å². The molecule has 3 atom stereocenters. The topological polar surface area (TPSA) is 45.7 Å². The summed E-state index contributed by atoms with van der Waals surface area (Å²) >= 11 is 0. The molecular formula is C29H25F4N5O. The number of anilines is 1. The molecule has 1 saturated heterocycles. The molecular weight excluding hydrogens is 510 g/mol. The number of pyridine rings is 2. The highest BCUT2D eigenvalue weighted by molar-refractivity contribution is 5.90. The van der Waals surface area contributed by atoms with Crippen LogP contribution in [-0.2, 0) is 7.05 Å². The van der Waals surface area contributed by atoms with Crippen LogP contribution in [0.3, 0.4) is 0 Å². The highest BCUT2D eigenvalue weighted by atomic mass is 19.1. The molecule has 0 amide bonds. The Balaban J connectivity index is 1.62. The van der Waals surface area contributed by atoms with Gasteiger partial charge in [0.15, 0.2) is 0 Å². The maximum absolute atomic E-state index is 15.6. The Labute approximate surface area is 222 Å². The van der Waals surface area contributed by atoms with Crippen molar-refractivity contribution in [3.8, 4) is 0 Å². The number of aryl methyl sites for hydroxylation is 1. The third-order valence-electron chi connectivity index (χ3n) is 7.37. The van der Waals surface area contributed by atoms with Gasteiger partial charge in [-0.25, -0.2) is 13.2 Å². The largest absolute Gasteiger partial charge is 0.361 e. The van der Waals surface area contributed by atoms with E-state index in [0.29, 0.717) is 11.1 Å². The Morgan fingerprint density at radius 1 is 0.949 bits per heavy atom. The second kappa shape index (κ2) is 10.2. The van der Waals surface area contributed by atoms with Gasteiger partial charge in [0.1, 0.15) is 23.1 Å². The number of halogens is 4. The highest BCUT2D eigenvalue weighted by Gasteiger charge is 2.39. The van der Waals surface area contributed by atoms with Gasteiger partial charge in [-0.1, -0.05) is 24.8 Å². The van der Waals surface area contributed by atoms with Gasteiger partial charge in [0.05, 0.1) is 11.6 Å². The zero-order valence-electron chi connectivity index (χ0n) is 21.5. The zero-order valence-corrected chi connectivity index (χ0v) is 21.5. The summed E-state index contributed by atoms with van der Waals surface area (Å²) in [5.41, 5.74) is 0.0731. The zero-order chi connectivity index (χ0) is 28.0. The Kier molecular flexibility index (Phi) is 6.87. The monoisotopic (exact) mass is 535 g/mol. The van der Waals surface area contributed by atoms with E-state index in [4.69, 9.17) is 6.57 Å². The second-order valence-electron chi connectivity index (χ2n) is 9.81. The van der Waals surface area contributed by atoms with Crippen LogP contribution in [-0.4, -0.2) is 39.6 Å². The molecule has 200 valence electrons. The average molecular weight is 536 g/mol. The van der Waals surface area contributed by atoms with E-state index >= 15 is 13.2 Å². The molecule has 2 aromatic carbocycles. The van der Waals surface area contributed by atoms with Crippen LogP contribution in [0.15, 0.2) is 59.4 Å². The molecule has 5 rings (SSSR count). The SMILES string of the molecule is [C-]#[N+]c1ccc2c(n1)c(N1C[C@@H](C)N(C(c3ccc(F)cc3)c3c(F)cccc3F)C[C@@H]1C)c(F)c(=O)n2C. The Hall–Kier alpha value is -4.23. The molecule has 0 radical (unpaired) electrons. The molecule has 39 heavy (non-hydrogen) atoms. The predicted octanol–water partition coefficient (Wildman–Crippen LogP) is 5.73. The number of fused-ring (bicyclic) bond motifs is 1. The van der Waals surface area contributed by atoms with Gasteiger partial charge in [-0.2, -0.15) is 4.39 Å². The van der Waals surface area contributed by atoms with Crippen LogP contribution in [0.25, 0.3) is 15.9 Å². The van der Waals surface area contributed by atoms with Gasteiger partial charge >= 0.3 is 0 Å². The van der Waals surface area contributed by atoms with E-state index in [2.05, 4.69) is 9.83 Å². The lowest BCUT2D eigenvalue weighted by Gasteiger charge is -2.48. The third kappa shape index (κ3) is 4.53. The normalized spacial score (nSPS) is 18.8. The van der Waals surface area contributed by atoms with Crippen LogP contribution >= 0.6 is 0 Å². The smallest absolute Gasteiger partial charge is 0.289 e. The second-order valence-corrected chi connectivity index (χ2v) is 9.81. The van der Waals surface area contributed by atoms with Gasteiger partial charge in [0.25, 0.3) is 11.4 Å².